The molecule has 0 bridgehead atoms. The molecule has 0 heterocycles. The first-order chi connectivity index (χ1) is 10.3. The van der Waals surface area contributed by atoms with Crippen molar-refractivity contribution in [2.75, 3.05) is 13.1 Å². The Morgan fingerprint density at radius 2 is 1.68 bits per heavy atom. The Balaban J connectivity index is 4.13. The zero-order valence-electron chi connectivity index (χ0n) is 14.2. The van der Waals surface area contributed by atoms with Gasteiger partial charge in [-0.15, -0.1) is 0 Å². The van der Waals surface area contributed by atoms with Crippen molar-refractivity contribution in [1.82, 2.24) is 0 Å². The van der Waals surface area contributed by atoms with Crippen molar-refractivity contribution in [3.05, 3.63) is 0 Å². The van der Waals surface area contributed by atoms with E-state index in [0.29, 0.717) is 38.8 Å². The second-order valence-corrected chi connectivity index (χ2v) is 6.08. The van der Waals surface area contributed by atoms with Gasteiger partial charge in [0.05, 0.1) is 24.4 Å². The molecule has 0 radical (unpaired) electrons. The first kappa shape index (κ1) is 20.5. The summed E-state index contributed by atoms with van der Waals surface area (Å²) in [6, 6.07) is 0. The molecule has 0 aliphatic rings. The molecule has 0 aromatic heterocycles. The van der Waals surface area contributed by atoms with Crippen LogP contribution < -0.4 is 0 Å². The Morgan fingerprint density at radius 1 is 1.09 bits per heavy atom. The molecule has 22 heavy (non-hydrogen) atoms. The molecule has 0 rings (SSSR count). The molecule has 3 unspecified atom stereocenters. The van der Waals surface area contributed by atoms with Gasteiger partial charge in [0, 0.05) is 0 Å². The predicted octanol–water partition coefficient (Wildman–Crippen LogP) is 3.86. The van der Waals surface area contributed by atoms with Gasteiger partial charge in [0.2, 0.25) is 0 Å². The quantitative estimate of drug-likeness (QED) is 0.422. The summed E-state index contributed by atoms with van der Waals surface area (Å²) in [7, 11) is 0. The first-order valence-electron chi connectivity index (χ1n) is 8.09. The van der Waals surface area contributed by atoms with Crippen LogP contribution >= 0.6 is 0 Å². The molecular formula is C16H30N2O4. The summed E-state index contributed by atoms with van der Waals surface area (Å²) in [5.74, 6) is -1.79. The van der Waals surface area contributed by atoms with Crippen LogP contribution in [0, 0.1) is 17.3 Å². The maximum Gasteiger partial charge on any atom is 0.309 e. The normalized spacial score (nSPS) is 17.1. The third kappa shape index (κ3) is 6.54. The molecule has 0 aliphatic carbocycles. The highest BCUT2D eigenvalue weighted by molar-refractivity contribution is 5.74. The summed E-state index contributed by atoms with van der Waals surface area (Å²) in [4.78, 5) is 22.1. The fourth-order valence-electron chi connectivity index (χ4n) is 2.53. The molecule has 6 nitrogen and oxygen atoms in total. The molecule has 128 valence electrons. The van der Waals surface area contributed by atoms with Gasteiger partial charge in [-0.05, 0) is 38.5 Å². The standard InChI is InChI=1S/C16H30N2O4/c1-5-13(16(4,6-2)15(21)22)9-11-18-17-10-7-8-12(3)14(19)20/h12-13H,5-11H2,1-4H3,(H,19,20)(H,21,22). The maximum atomic E-state index is 11.4. The molecule has 0 saturated carbocycles. The Labute approximate surface area is 133 Å². The molecule has 0 aliphatic heterocycles. The van der Waals surface area contributed by atoms with Crippen LogP contribution in [-0.2, 0) is 9.59 Å². The second-order valence-electron chi connectivity index (χ2n) is 6.08. The van der Waals surface area contributed by atoms with Gasteiger partial charge in [-0.25, -0.2) is 0 Å². The molecule has 0 aromatic carbocycles. The number of carboxylic acid groups (broad SMARTS) is 2. The van der Waals surface area contributed by atoms with E-state index in [9.17, 15) is 14.7 Å². The van der Waals surface area contributed by atoms with E-state index >= 15 is 0 Å². The Morgan fingerprint density at radius 3 is 2.14 bits per heavy atom. The van der Waals surface area contributed by atoms with Gasteiger partial charge in [-0.1, -0.05) is 27.2 Å². The third-order valence-corrected chi connectivity index (χ3v) is 4.61. The van der Waals surface area contributed by atoms with Crippen LogP contribution in [0.3, 0.4) is 0 Å². The van der Waals surface area contributed by atoms with Crippen molar-refractivity contribution in [3.8, 4) is 0 Å². The second kappa shape index (κ2) is 10.3. The van der Waals surface area contributed by atoms with Crippen LogP contribution in [0.2, 0.25) is 0 Å². The average Bonchev–Trinajstić information content (AvgIpc) is 2.48. The van der Waals surface area contributed by atoms with Gasteiger partial charge in [0.15, 0.2) is 0 Å². The fraction of sp³-hybridized carbons (Fsp3) is 0.875. The molecule has 2 N–H and O–H groups in total. The number of nitrogens with zero attached hydrogens (tertiary/aromatic N) is 2. The van der Waals surface area contributed by atoms with Crippen molar-refractivity contribution in [2.24, 2.45) is 27.5 Å². The highest BCUT2D eigenvalue weighted by Gasteiger charge is 2.38. The van der Waals surface area contributed by atoms with Crippen LogP contribution in [0.1, 0.15) is 59.8 Å². The smallest absolute Gasteiger partial charge is 0.309 e. The minimum atomic E-state index is -0.782. The van der Waals surface area contributed by atoms with E-state index in [-0.39, 0.29) is 11.8 Å². The van der Waals surface area contributed by atoms with Crippen molar-refractivity contribution < 1.29 is 19.8 Å². The van der Waals surface area contributed by atoms with Crippen molar-refractivity contribution >= 4 is 11.9 Å². The summed E-state index contributed by atoms with van der Waals surface area (Å²) in [5.41, 5.74) is -0.707. The summed E-state index contributed by atoms with van der Waals surface area (Å²) < 4.78 is 0. The summed E-state index contributed by atoms with van der Waals surface area (Å²) in [6.45, 7) is 8.44. The van der Waals surface area contributed by atoms with Gasteiger partial charge in [0.25, 0.3) is 0 Å². The van der Waals surface area contributed by atoms with E-state index in [0.717, 1.165) is 6.42 Å². The van der Waals surface area contributed by atoms with E-state index in [1.165, 1.54) is 0 Å². The maximum absolute atomic E-state index is 11.4. The number of carboxylic acids is 2. The number of aliphatic carboxylic acids is 2. The van der Waals surface area contributed by atoms with Gasteiger partial charge >= 0.3 is 11.9 Å². The van der Waals surface area contributed by atoms with Crippen LogP contribution in [0.5, 0.6) is 0 Å². The number of azo groups is 1. The lowest BCUT2D eigenvalue weighted by Crippen LogP contribution is -2.35. The number of rotatable bonds is 12. The molecular weight excluding hydrogens is 284 g/mol. The fourth-order valence-corrected chi connectivity index (χ4v) is 2.53. The van der Waals surface area contributed by atoms with Gasteiger partial charge in [-0.2, -0.15) is 10.2 Å². The summed E-state index contributed by atoms with van der Waals surface area (Å²) in [6.07, 6.45) is 3.42. The predicted molar refractivity (Wildman–Crippen MR) is 85.1 cm³/mol. The number of hydrogen-bond acceptors (Lipinski definition) is 4. The minimum absolute atomic E-state index is 0.0842. The molecule has 0 saturated heterocycles. The topological polar surface area (TPSA) is 99.3 Å². The minimum Gasteiger partial charge on any atom is -0.481 e. The molecule has 0 amide bonds. The molecule has 0 aromatic rings. The van der Waals surface area contributed by atoms with Gasteiger partial charge < -0.3 is 10.2 Å². The SMILES string of the molecule is CCC(CCN=NCCCC(C)C(=O)O)C(C)(CC)C(=O)O. The lowest BCUT2D eigenvalue weighted by atomic mass is 9.72. The van der Waals surface area contributed by atoms with E-state index in [2.05, 4.69) is 10.2 Å². The highest BCUT2D eigenvalue weighted by atomic mass is 16.4. The summed E-state index contributed by atoms with van der Waals surface area (Å²) >= 11 is 0. The van der Waals surface area contributed by atoms with Crippen LogP contribution in [-0.4, -0.2) is 35.2 Å². The zero-order chi connectivity index (χ0) is 17.2. The monoisotopic (exact) mass is 314 g/mol. The van der Waals surface area contributed by atoms with E-state index in [1.807, 2.05) is 13.8 Å². The van der Waals surface area contributed by atoms with E-state index in [1.54, 1.807) is 13.8 Å². The lowest BCUT2D eigenvalue weighted by molar-refractivity contribution is -0.152. The van der Waals surface area contributed by atoms with E-state index < -0.39 is 17.4 Å². The van der Waals surface area contributed by atoms with Gasteiger partial charge in [0.1, 0.15) is 0 Å². The molecule has 6 heteroatoms. The Kier molecular flexibility index (Phi) is 9.61. The van der Waals surface area contributed by atoms with E-state index in [4.69, 9.17) is 5.11 Å². The Hall–Kier alpha value is -1.46. The highest BCUT2D eigenvalue weighted by Crippen LogP contribution is 2.36. The molecule has 0 spiro atoms. The first-order valence-corrected chi connectivity index (χ1v) is 8.09. The average molecular weight is 314 g/mol. The zero-order valence-corrected chi connectivity index (χ0v) is 14.2. The lowest BCUT2D eigenvalue weighted by Gasteiger charge is -2.32. The molecule has 0 fully saturated rings. The third-order valence-electron chi connectivity index (χ3n) is 4.61. The number of carbonyl (C=O) groups is 2. The summed E-state index contributed by atoms with van der Waals surface area (Å²) in [5, 5.41) is 26.3. The largest absolute Gasteiger partial charge is 0.481 e. The van der Waals surface area contributed by atoms with Crippen molar-refractivity contribution in [1.29, 1.82) is 0 Å². The van der Waals surface area contributed by atoms with Gasteiger partial charge in [-0.3, -0.25) is 9.59 Å². The Bertz CT molecular complexity index is 384. The van der Waals surface area contributed by atoms with Crippen LogP contribution in [0.15, 0.2) is 10.2 Å². The van der Waals surface area contributed by atoms with Crippen LogP contribution in [0.25, 0.3) is 0 Å². The van der Waals surface area contributed by atoms with Crippen molar-refractivity contribution in [3.63, 3.8) is 0 Å². The number of hydrogen-bond donors (Lipinski definition) is 2. The van der Waals surface area contributed by atoms with Crippen LogP contribution in [0.4, 0.5) is 0 Å². The van der Waals surface area contributed by atoms with Crippen molar-refractivity contribution in [2.45, 2.75) is 59.8 Å². The molecule has 3 atom stereocenters.